The van der Waals surface area contributed by atoms with Crippen LogP contribution in [0.4, 0.5) is 5.69 Å². The molecule has 0 radical (unpaired) electrons. The summed E-state index contributed by atoms with van der Waals surface area (Å²) in [7, 11) is 0. The number of likely N-dealkylation sites (tertiary alicyclic amines) is 1. The summed E-state index contributed by atoms with van der Waals surface area (Å²) in [6.45, 7) is 2.68. The molecule has 0 bridgehead atoms. The number of halogens is 1. The zero-order chi connectivity index (χ0) is 23.4. The number of aryl methyl sites for hydroxylation is 1. The van der Waals surface area contributed by atoms with E-state index in [4.69, 9.17) is 17.3 Å². The van der Waals surface area contributed by atoms with Crippen molar-refractivity contribution in [3.05, 3.63) is 64.7 Å². The molecule has 4 rings (SSSR count). The van der Waals surface area contributed by atoms with E-state index in [2.05, 4.69) is 4.90 Å². The number of anilines is 1. The number of hydrogen-bond donors (Lipinski definition) is 1. The molecule has 2 heterocycles. The lowest BCUT2D eigenvalue weighted by Crippen LogP contribution is -2.60. The molecule has 1 atom stereocenters. The number of nitrogens with two attached hydrogens (primary N) is 1. The Morgan fingerprint density at radius 1 is 1.03 bits per heavy atom. The quantitative estimate of drug-likeness (QED) is 0.676. The number of rotatable bonds is 7. The molecule has 2 saturated heterocycles. The number of piperazine rings is 1. The number of para-hydroxylation sites is 1. The number of benzene rings is 2. The molecule has 2 aliphatic heterocycles. The first-order chi connectivity index (χ1) is 15.9. The van der Waals surface area contributed by atoms with Crippen molar-refractivity contribution in [2.45, 2.75) is 38.3 Å². The number of amides is 3. The summed E-state index contributed by atoms with van der Waals surface area (Å²) in [5.41, 5.74) is 8.76. The fraction of sp³-hybridized carbons (Fsp3) is 0.400. The first-order valence-corrected chi connectivity index (χ1v) is 11.7. The highest BCUT2D eigenvalue weighted by atomic mass is 35.5. The minimum Gasteiger partial charge on any atom is -0.368 e. The molecular formula is C25H29ClN4O3. The molecule has 0 saturated carbocycles. The van der Waals surface area contributed by atoms with Crippen molar-refractivity contribution >= 4 is 35.0 Å². The van der Waals surface area contributed by atoms with E-state index in [9.17, 15) is 14.4 Å². The normalized spacial score (nSPS) is 18.6. The molecular weight excluding hydrogens is 440 g/mol. The second kappa shape index (κ2) is 10.3. The average molecular weight is 469 g/mol. The number of hydrogen-bond acceptors (Lipinski definition) is 4. The maximum Gasteiger partial charge on any atom is 0.242 e. The van der Waals surface area contributed by atoms with Gasteiger partial charge in [-0.3, -0.25) is 14.4 Å². The van der Waals surface area contributed by atoms with Gasteiger partial charge in [-0.15, -0.1) is 0 Å². The van der Waals surface area contributed by atoms with Gasteiger partial charge in [-0.25, -0.2) is 0 Å². The van der Waals surface area contributed by atoms with Crippen molar-refractivity contribution in [2.75, 3.05) is 31.1 Å². The zero-order valence-electron chi connectivity index (χ0n) is 18.6. The lowest BCUT2D eigenvalue weighted by molar-refractivity contribution is -0.139. The Balaban J connectivity index is 1.44. The van der Waals surface area contributed by atoms with Crippen molar-refractivity contribution in [3.8, 4) is 0 Å². The first kappa shape index (κ1) is 23.1. The van der Waals surface area contributed by atoms with Crippen LogP contribution >= 0.6 is 11.6 Å². The van der Waals surface area contributed by atoms with E-state index in [1.807, 2.05) is 41.3 Å². The van der Waals surface area contributed by atoms with E-state index in [0.717, 1.165) is 29.8 Å². The summed E-state index contributed by atoms with van der Waals surface area (Å²) < 4.78 is 0. The number of carbonyl (C=O) groups excluding carboxylic acids is 3. The zero-order valence-corrected chi connectivity index (χ0v) is 19.3. The Bertz CT molecular complexity index is 1030. The number of primary amides is 1. The SMILES string of the molecule is NC(=O)C1CN(c2ccccc2CN2CCCC2=O)CCN1C(=O)CCc1ccc(Cl)cc1. The molecule has 2 aliphatic rings. The monoisotopic (exact) mass is 468 g/mol. The van der Waals surface area contributed by atoms with Gasteiger partial charge < -0.3 is 20.4 Å². The van der Waals surface area contributed by atoms with Crippen LogP contribution in [0.1, 0.15) is 30.4 Å². The van der Waals surface area contributed by atoms with Crippen LogP contribution in [0.25, 0.3) is 0 Å². The first-order valence-electron chi connectivity index (χ1n) is 11.4. The largest absolute Gasteiger partial charge is 0.368 e. The molecule has 2 N–H and O–H groups in total. The maximum absolute atomic E-state index is 13.0. The highest BCUT2D eigenvalue weighted by molar-refractivity contribution is 6.30. The Labute approximate surface area is 199 Å². The molecule has 2 aromatic carbocycles. The average Bonchev–Trinajstić information content (AvgIpc) is 3.22. The van der Waals surface area contributed by atoms with Gasteiger partial charge >= 0.3 is 0 Å². The highest BCUT2D eigenvalue weighted by Crippen LogP contribution is 2.27. The lowest BCUT2D eigenvalue weighted by atomic mass is 10.0. The van der Waals surface area contributed by atoms with Crippen molar-refractivity contribution in [1.82, 2.24) is 9.80 Å². The maximum atomic E-state index is 13.0. The van der Waals surface area contributed by atoms with Gasteiger partial charge in [0.2, 0.25) is 17.7 Å². The Morgan fingerprint density at radius 3 is 2.48 bits per heavy atom. The van der Waals surface area contributed by atoms with Crippen LogP contribution in [-0.2, 0) is 27.3 Å². The molecule has 8 heteroatoms. The predicted octanol–water partition coefficient (Wildman–Crippen LogP) is 2.60. The van der Waals surface area contributed by atoms with Crippen LogP contribution in [0, 0.1) is 0 Å². The van der Waals surface area contributed by atoms with E-state index >= 15 is 0 Å². The van der Waals surface area contributed by atoms with Crippen LogP contribution in [-0.4, -0.2) is 59.7 Å². The van der Waals surface area contributed by atoms with E-state index in [1.54, 1.807) is 17.0 Å². The summed E-state index contributed by atoms with van der Waals surface area (Å²) in [4.78, 5) is 43.0. The number of carbonyl (C=O) groups is 3. The van der Waals surface area contributed by atoms with Gasteiger partial charge in [0.1, 0.15) is 6.04 Å². The molecule has 2 aromatic rings. The van der Waals surface area contributed by atoms with Crippen molar-refractivity contribution in [1.29, 1.82) is 0 Å². The molecule has 0 aliphatic carbocycles. The minimum atomic E-state index is -0.696. The van der Waals surface area contributed by atoms with Crippen molar-refractivity contribution in [2.24, 2.45) is 5.73 Å². The van der Waals surface area contributed by atoms with Gasteiger partial charge in [-0.1, -0.05) is 41.9 Å². The third-order valence-electron chi connectivity index (χ3n) is 6.43. The summed E-state index contributed by atoms with van der Waals surface area (Å²) in [6.07, 6.45) is 2.37. The smallest absolute Gasteiger partial charge is 0.242 e. The Kier molecular flexibility index (Phi) is 7.18. The van der Waals surface area contributed by atoms with Crippen molar-refractivity contribution in [3.63, 3.8) is 0 Å². The van der Waals surface area contributed by atoms with Crippen molar-refractivity contribution < 1.29 is 14.4 Å². The minimum absolute atomic E-state index is 0.0793. The van der Waals surface area contributed by atoms with Crippen LogP contribution in [0.2, 0.25) is 5.02 Å². The molecule has 174 valence electrons. The van der Waals surface area contributed by atoms with Gasteiger partial charge in [0.05, 0.1) is 0 Å². The van der Waals surface area contributed by atoms with Gasteiger partial charge in [0.15, 0.2) is 0 Å². The molecule has 0 aromatic heterocycles. The molecule has 7 nitrogen and oxygen atoms in total. The van der Waals surface area contributed by atoms with Crippen LogP contribution in [0.15, 0.2) is 48.5 Å². The molecule has 33 heavy (non-hydrogen) atoms. The molecule has 0 spiro atoms. The van der Waals surface area contributed by atoms with Crippen LogP contribution < -0.4 is 10.6 Å². The fourth-order valence-electron chi connectivity index (χ4n) is 4.62. The van der Waals surface area contributed by atoms with Gasteiger partial charge in [-0.2, -0.15) is 0 Å². The molecule has 3 amide bonds. The molecule has 2 fully saturated rings. The fourth-order valence-corrected chi connectivity index (χ4v) is 4.75. The summed E-state index contributed by atoms with van der Waals surface area (Å²) in [5, 5.41) is 0.657. The van der Waals surface area contributed by atoms with Crippen LogP contribution in [0.5, 0.6) is 0 Å². The highest BCUT2D eigenvalue weighted by Gasteiger charge is 2.34. The van der Waals surface area contributed by atoms with E-state index in [0.29, 0.717) is 50.5 Å². The van der Waals surface area contributed by atoms with Crippen LogP contribution in [0.3, 0.4) is 0 Å². The summed E-state index contributed by atoms with van der Waals surface area (Å²) in [6, 6.07) is 14.7. The lowest BCUT2D eigenvalue weighted by Gasteiger charge is -2.41. The third-order valence-corrected chi connectivity index (χ3v) is 6.69. The van der Waals surface area contributed by atoms with Gasteiger partial charge in [0.25, 0.3) is 0 Å². The third kappa shape index (κ3) is 5.47. The summed E-state index contributed by atoms with van der Waals surface area (Å²) >= 11 is 5.93. The second-order valence-electron chi connectivity index (χ2n) is 8.63. The number of nitrogens with zero attached hydrogens (tertiary/aromatic N) is 3. The Hall–Kier alpha value is -3.06. The standard InChI is InChI=1S/C25H29ClN4O3/c26-20-10-7-18(8-11-20)9-12-24(32)30-15-14-28(17-22(30)25(27)33)21-5-2-1-4-19(21)16-29-13-3-6-23(29)31/h1-2,4-5,7-8,10-11,22H,3,6,9,12-17H2,(H2,27,33). The summed E-state index contributed by atoms with van der Waals surface area (Å²) in [5.74, 6) is -0.410. The topological polar surface area (TPSA) is 87.0 Å². The Morgan fingerprint density at radius 2 is 1.79 bits per heavy atom. The van der Waals surface area contributed by atoms with E-state index < -0.39 is 11.9 Å². The predicted molar refractivity (Wildman–Crippen MR) is 128 cm³/mol. The van der Waals surface area contributed by atoms with E-state index in [-0.39, 0.29) is 11.8 Å². The van der Waals surface area contributed by atoms with Gasteiger partial charge in [0, 0.05) is 56.3 Å². The second-order valence-corrected chi connectivity index (χ2v) is 9.06. The molecule has 1 unspecified atom stereocenters. The van der Waals surface area contributed by atoms with Gasteiger partial charge in [-0.05, 0) is 42.2 Å². The van der Waals surface area contributed by atoms with E-state index in [1.165, 1.54) is 0 Å².